The van der Waals surface area contributed by atoms with Crippen LogP contribution in [0.2, 0.25) is 0 Å². The van der Waals surface area contributed by atoms with Crippen molar-refractivity contribution in [2.24, 2.45) is 5.73 Å². The van der Waals surface area contributed by atoms with Crippen LogP contribution in [-0.4, -0.2) is 27.4 Å². The number of pyridine rings is 1. The maximum atomic E-state index is 13.3. The summed E-state index contributed by atoms with van der Waals surface area (Å²) in [5, 5.41) is 15.4. The van der Waals surface area contributed by atoms with E-state index in [-0.39, 0.29) is 23.0 Å². The van der Waals surface area contributed by atoms with Gasteiger partial charge in [0.2, 0.25) is 0 Å². The molecule has 4 aromatic rings. The molecule has 0 aliphatic rings. The van der Waals surface area contributed by atoms with Crippen LogP contribution in [0.1, 0.15) is 52.1 Å². The molecule has 0 aliphatic carbocycles. The molecule has 198 valence electrons. The number of amides is 1. The fourth-order valence-corrected chi connectivity index (χ4v) is 3.96. The number of nitrogens with one attached hydrogen (secondary N) is 2. The van der Waals surface area contributed by atoms with E-state index in [0.717, 1.165) is 34.5 Å². The van der Waals surface area contributed by atoms with Gasteiger partial charge in [0.05, 0.1) is 34.8 Å². The number of nitrogens with zero attached hydrogens (tertiary/aromatic N) is 4. The summed E-state index contributed by atoms with van der Waals surface area (Å²) in [6, 6.07) is 16.8. The zero-order chi connectivity index (χ0) is 27.8. The molecule has 1 amide bonds. The fourth-order valence-electron chi connectivity index (χ4n) is 3.96. The molecule has 10 heteroatoms. The van der Waals surface area contributed by atoms with Gasteiger partial charge in [-0.2, -0.15) is 5.26 Å². The first-order valence-corrected chi connectivity index (χ1v) is 12.5. The number of anilines is 2. The Balaban J connectivity index is 1.46. The summed E-state index contributed by atoms with van der Waals surface area (Å²) in [7, 11) is 0. The van der Waals surface area contributed by atoms with E-state index in [2.05, 4.69) is 25.6 Å². The molecular formula is C29H29FN8O. The summed E-state index contributed by atoms with van der Waals surface area (Å²) in [6.45, 7) is 2.74. The van der Waals surface area contributed by atoms with Crippen LogP contribution >= 0.6 is 0 Å². The van der Waals surface area contributed by atoms with E-state index in [4.69, 9.17) is 11.5 Å². The summed E-state index contributed by atoms with van der Waals surface area (Å²) in [4.78, 5) is 26.3. The molecule has 0 saturated carbocycles. The van der Waals surface area contributed by atoms with E-state index in [1.807, 2.05) is 30.3 Å². The molecule has 0 bridgehead atoms. The van der Waals surface area contributed by atoms with Crippen molar-refractivity contribution in [3.63, 3.8) is 0 Å². The molecule has 0 spiro atoms. The molecule has 0 radical (unpaired) electrons. The van der Waals surface area contributed by atoms with Crippen molar-refractivity contribution in [3.05, 3.63) is 101 Å². The van der Waals surface area contributed by atoms with E-state index >= 15 is 0 Å². The lowest BCUT2D eigenvalue weighted by Gasteiger charge is -2.16. The van der Waals surface area contributed by atoms with E-state index < -0.39 is 5.91 Å². The number of nitriles is 1. The van der Waals surface area contributed by atoms with Gasteiger partial charge in [-0.05, 0) is 55.6 Å². The van der Waals surface area contributed by atoms with Crippen molar-refractivity contribution in [1.29, 1.82) is 5.26 Å². The van der Waals surface area contributed by atoms with Crippen LogP contribution in [0, 0.1) is 17.1 Å². The van der Waals surface area contributed by atoms with Gasteiger partial charge in [0.25, 0.3) is 5.91 Å². The number of hydrogen-bond donors (Lipinski definition) is 4. The van der Waals surface area contributed by atoms with Crippen molar-refractivity contribution in [2.45, 2.75) is 32.4 Å². The van der Waals surface area contributed by atoms with Gasteiger partial charge in [-0.15, -0.1) is 0 Å². The van der Waals surface area contributed by atoms with E-state index in [1.165, 1.54) is 24.4 Å². The summed E-state index contributed by atoms with van der Waals surface area (Å²) >= 11 is 0. The molecule has 2 aromatic heterocycles. The highest BCUT2D eigenvalue weighted by molar-refractivity contribution is 5.99. The molecule has 39 heavy (non-hydrogen) atoms. The monoisotopic (exact) mass is 524 g/mol. The second-order valence-electron chi connectivity index (χ2n) is 9.01. The number of halogens is 1. The molecule has 0 aliphatic heterocycles. The van der Waals surface area contributed by atoms with E-state index in [9.17, 15) is 14.4 Å². The highest BCUT2D eigenvalue weighted by atomic mass is 19.1. The average molecular weight is 525 g/mol. The van der Waals surface area contributed by atoms with Gasteiger partial charge in [-0.1, -0.05) is 36.4 Å². The number of carbonyl (C=O) groups is 1. The van der Waals surface area contributed by atoms with Crippen LogP contribution in [0.25, 0.3) is 11.3 Å². The Labute approximate surface area is 226 Å². The lowest BCUT2D eigenvalue weighted by molar-refractivity contribution is 0.0940. The zero-order valence-electron chi connectivity index (χ0n) is 21.5. The molecule has 1 atom stereocenters. The number of nitrogen functional groups attached to an aromatic ring is 1. The number of nitrogens with two attached hydrogens (primary N) is 2. The van der Waals surface area contributed by atoms with Gasteiger partial charge in [0.1, 0.15) is 23.5 Å². The molecule has 0 unspecified atom stereocenters. The smallest absolute Gasteiger partial charge is 0.255 e. The maximum Gasteiger partial charge on any atom is 0.255 e. The minimum absolute atomic E-state index is 0.238. The van der Waals surface area contributed by atoms with Gasteiger partial charge in [-0.25, -0.2) is 19.3 Å². The molecule has 2 aromatic carbocycles. The molecule has 4 rings (SSSR count). The number of rotatable bonds is 10. The Bertz CT molecular complexity index is 1480. The average Bonchev–Trinajstić information content (AvgIpc) is 2.96. The third-order valence-electron chi connectivity index (χ3n) is 6.18. The Morgan fingerprint density at radius 1 is 1.10 bits per heavy atom. The van der Waals surface area contributed by atoms with Gasteiger partial charge >= 0.3 is 0 Å². The molecule has 0 fully saturated rings. The Hall–Kier alpha value is -4.88. The van der Waals surface area contributed by atoms with Crippen molar-refractivity contribution in [1.82, 2.24) is 20.3 Å². The first kappa shape index (κ1) is 27.2. The first-order chi connectivity index (χ1) is 18.9. The normalized spacial score (nSPS) is 11.4. The maximum absolute atomic E-state index is 13.3. The predicted octanol–water partition coefficient (Wildman–Crippen LogP) is 4.13. The van der Waals surface area contributed by atoms with Gasteiger partial charge in [0.15, 0.2) is 0 Å². The summed E-state index contributed by atoms with van der Waals surface area (Å²) in [5.74, 6) is 0.00341. The Morgan fingerprint density at radius 3 is 2.54 bits per heavy atom. The van der Waals surface area contributed by atoms with Gasteiger partial charge < -0.3 is 22.1 Å². The first-order valence-electron chi connectivity index (χ1n) is 12.5. The number of hydrogen-bond acceptors (Lipinski definition) is 8. The van der Waals surface area contributed by atoms with Gasteiger partial charge in [-0.3, -0.25) is 4.79 Å². The summed E-state index contributed by atoms with van der Waals surface area (Å²) in [5.41, 5.74) is 16.1. The second-order valence-corrected chi connectivity index (χ2v) is 9.01. The largest absolute Gasteiger partial charge is 0.382 e. The highest BCUT2D eigenvalue weighted by Crippen LogP contribution is 2.22. The SMILES string of the molecule is C[C@H](NC(=O)c1cc(C#N)cnc1NCc1ccc(-c2cnc(N)c(CCCN)n2)cc1)c1ccc(F)cc1. The number of benzene rings is 2. The van der Waals surface area contributed by atoms with Crippen LogP contribution in [0.5, 0.6) is 0 Å². The van der Waals surface area contributed by atoms with Gasteiger partial charge in [0, 0.05) is 18.3 Å². The number of carbonyl (C=O) groups excluding carboxylic acids is 1. The quantitative estimate of drug-likeness (QED) is 0.241. The third kappa shape index (κ3) is 6.91. The van der Waals surface area contributed by atoms with Crippen molar-refractivity contribution < 1.29 is 9.18 Å². The Morgan fingerprint density at radius 2 is 1.85 bits per heavy atom. The lowest BCUT2D eigenvalue weighted by atomic mass is 10.1. The standard InChI is InChI=1S/C29H29FN8O/c1-18(21-8-10-23(30)11-9-21)37-29(39)24-13-20(14-32)16-36-28(24)35-15-19-4-6-22(7-5-19)26-17-34-27(33)25(38-26)3-2-12-31/h4-11,13,16-18H,2-3,12,15,31H2,1H3,(H2,33,34)(H,35,36)(H,37,39)/t18-/m0/s1. The van der Waals surface area contributed by atoms with Crippen LogP contribution < -0.4 is 22.1 Å². The zero-order valence-corrected chi connectivity index (χ0v) is 21.5. The predicted molar refractivity (Wildman–Crippen MR) is 148 cm³/mol. The van der Waals surface area contributed by atoms with Crippen LogP contribution in [0.3, 0.4) is 0 Å². The fraction of sp³-hybridized carbons (Fsp3) is 0.207. The highest BCUT2D eigenvalue weighted by Gasteiger charge is 2.17. The van der Waals surface area contributed by atoms with Crippen molar-refractivity contribution in [2.75, 3.05) is 17.6 Å². The third-order valence-corrected chi connectivity index (χ3v) is 6.18. The molecule has 2 heterocycles. The van der Waals surface area contributed by atoms with Crippen LogP contribution in [0.4, 0.5) is 16.0 Å². The van der Waals surface area contributed by atoms with E-state index in [0.29, 0.717) is 31.1 Å². The number of aryl methyl sites for hydroxylation is 1. The molecule has 0 saturated heterocycles. The second kappa shape index (κ2) is 12.6. The molecule has 6 N–H and O–H groups in total. The summed E-state index contributed by atoms with van der Waals surface area (Å²) < 4.78 is 13.3. The lowest BCUT2D eigenvalue weighted by Crippen LogP contribution is -2.28. The summed E-state index contributed by atoms with van der Waals surface area (Å²) in [6.07, 6.45) is 4.50. The molecular weight excluding hydrogens is 495 g/mol. The minimum atomic E-state index is -0.401. The topological polar surface area (TPSA) is 156 Å². The van der Waals surface area contributed by atoms with Crippen LogP contribution in [0.15, 0.2) is 67.0 Å². The Kier molecular flexibility index (Phi) is 8.76. The minimum Gasteiger partial charge on any atom is -0.382 e. The molecule has 9 nitrogen and oxygen atoms in total. The number of aromatic nitrogens is 3. The van der Waals surface area contributed by atoms with E-state index in [1.54, 1.807) is 25.3 Å². The van der Waals surface area contributed by atoms with Crippen LogP contribution in [-0.2, 0) is 13.0 Å². The van der Waals surface area contributed by atoms with Crippen molar-refractivity contribution in [3.8, 4) is 17.3 Å². The van der Waals surface area contributed by atoms with Crippen molar-refractivity contribution >= 4 is 17.5 Å².